The van der Waals surface area contributed by atoms with Gasteiger partial charge >= 0.3 is 0 Å². The first-order chi connectivity index (χ1) is 8.42. The SMILES string of the molecule is Cc1cc(NS(=O)(=O)c2ccc(CO)s2)nn1C. The molecule has 18 heavy (non-hydrogen) atoms. The fourth-order valence-corrected chi connectivity index (χ4v) is 3.59. The Morgan fingerprint density at radius 3 is 2.72 bits per heavy atom. The highest BCUT2D eigenvalue weighted by Crippen LogP contribution is 2.23. The van der Waals surface area contributed by atoms with E-state index in [1.165, 1.54) is 6.07 Å². The van der Waals surface area contributed by atoms with Crippen LogP contribution in [0.1, 0.15) is 10.6 Å². The van der Waals surface area contributed by atoms with Gasteiger partial charge in [-0.1, -0.05) is 0 Å². The van der Waals surface area contributed by atoms with Crippen molar-refractivity contribution in [1.29, 1.82) is 0 Å². The van der Waals surface area contributed by atoms with E-state index in [-0.39, 0.29) is 16.6 Å². The van der Waals surface area contributed by atoms with Crippen LogP contribution in [0.15, 0.2) is 22.4 Å². The summed E-state index contributed by atoms with van der Waals surface area (Å²) >= 11 is 1.04. The number of aliphatic hydroxyl groups is 1. The number of thiophene rings is 1. The summed E-state index contributed by atoms with van der Waals surface area (Å²) in [7, 11) is -1.89. The summed E-state index contributed by atoms with van der Waals surface area (Å²) in [6, 6.07) is 4.70. The Labute approximate surface area is 109 Å². The Bertz CT molecular complexity index is 638. The van der Waals surface area contributed by atoms with Crippen LogP contribution in [0.5, 0.6) is 0 Å². The number of aliphatic hydroxyl groups excluding tert-OH is 1. The molecule has 0 aromatic carbocycles. The van der Waals surface area contributed by atoms with E-state index in [9.17, 15) is 8.42 Å². The Kier molecular flexibility index (Phi) is 3.42. The molecule has 2 aromatic heterocycles. The van der Waals surface area contributed by atoms with Gasteiger partial charge in [0.15, 0.2) is 5.82 Å². The van der Waals surface area contributed by atoms with Gasteiger partial charge in [0.05, 0.1) is 6.61 Å². The number of nitrogens with one attached hydrogen (secondary N) is 1. The zero-order chi connectivity index (χ0) is 13.3. The molecule has 2 aromatic rings. The lowest BCUT2D eigenvalue weighted by Crippen LogP contribution is -2.12. The molecule has 0 bridgehead atoms. The molecule has 8 heteroatoms. The molecule has 0 saturated heterocycles. The smallest absolute Gasteiger partial charge is 0.272 e. The van der Waals surface area contributed by atoms with E-state index < -0.39 is 10.0 Å². The van der Waals surface area contributed by atoms with Gasteiger partial charge in [-0.05, 0) is 19.1 Å². The van der Waals surface area contributed by atoms with Gasteiger partial charge in [0.2, 0.25) is 0 Å². The molecule has 0 spiro atoms. The quantitative estimate of drug-likeness (QED) is 0.881. The molecule has 0 unspecified atom stereocenters. The monoisotopic (exact) mass is 287 g/mol. The van der Waals surface area contributed by atoms with E-state index in [4.69, 9.17) is 5.11 Å². The van der Waals surface area contributed by atoms with E-state index >= 15 is 0 Å². The Morgan fingerprint density at radius 1 is 1.50 bits per heavy atom. The number of aryl methyl sites for hydroxylation is 2. The van der Waals surface area contributed by atoms with Crippen LogP contribution >= 0.6 is 11.3 Å². The summed E-state index contributed by atoms with van der Waals surface area (Å²) in [6.45, 7) is 1.67. The molecular weight excluding hydrogens is 274 g/mol. The van der Waals surface area contributed by atoms with Crippen LogP contribution in [0.4, 0.5) is 5.82 Å². The van der Waals surface area contributed by atoms with Crippen LogP contribution in [0.25, 0.3) is 0 Å². The van der Waals surface area contributed by atoms with Crippen molar-refractivity contribution >= 4 is 27.2 Å². The topological polar surface area (TPSA) is 84.2 Å². The molecule has 0 radical (unpaired) electrons. The Hall–Kier alpha value is -1.38. The third kappa shape index (κ3) is 2.55. The second-order valence-corrected chi connectivity index (χ2v) is 6.86. The lowest BCUT2D eigenvalue weighted by molar-refractivity contribution is 0.285. The van der Waals surface area contributed by atoms with Crippen molar-refractivity contribution in [2.75, 3.05) is 4.72 Å². The summed E-state index contributed by atoms with van der Waals surface area (Å²) in [5.74, 6) is 0.286. The number of sulfonamides is 1. The minimum atomic E-state index is -3.62. The summed E-state index contributed by atoms with van der Waals surface area (Å²) in [5, 5.41) is 13.0. The molecule has 0 aliphatic carbocycles. The van der Waals surface area contributed by atoms with Crippen LogP contribution in [0.2, 0.25) is 0 Å². The normalized spacial score (nSPS) is 11.7. The lowest BCUT2D eigenvalue weighted by atomic mass is 10.5. The van der Waals surface area contributed by atoms with Gasteiger partial charge in [-0.25, -0.2) is 8.42 Å². The van der Waals surface area contributed by atoms with Crippen LogP contribution in [0, 0.1) is 6.92 Å². The number of anilines is 1. The molecular formula is C10H13N3O3S2. The Balaban J connectivity index is 2.26. The number of aromatic nitrogens is 2. The number of nitrogens with zero attached hydrogens (tertiary/aromatic N) is 2. The van der Waals surface area contributed by atoms with Crippen LogP contribution in [-0.2, 0) is 23.7 Å². The maximum Gasteiger partial charge on any atom is 0.272 e. The van der Waals surface area contributed by atoms with E-state index in [0.29, 0.717) is 4.88 Å². The van der Waals surface area contributed by atoms with E-state index in [1.54, 1.807) is 23.9 Å². The molecule has 0 amide bonds. The molecule has 0 aliphatic heterocycles. The van der Waals surface area contributed by atoms with Gasteiger partial charge < -0.3 is 5.11 Å². The van der Waals surface area contributed by atoms with Crippen molar-refractivity contribution in [1.82, 2.24) is 9.78 Å². The van der Waals surface area contributed by atoms with Crippen molar-refractivity contribution in [3.63, 3.8) is 0 Å². The average molecular weight is 287 g/mol. The zero-order valence-corrected chi connectivity index (χ0v) is 11.5. The maximum absolute atomic E-state index is 12.0. The molecule has 0 atom stereocenters. The summed E-state index contributed by atoms with van der Waals surface area (Å²) in [5.41, 5.74) is 0.856. The van der Waals surface area contributed by atoms with E-state index in [2.05, 4.69) is 9.82 Å². The summed E-state index contributed by atoms with van der Waals surface area (Å²) < 4.78 is 28.2. The molecule has 0 fully saturated rings. The third-order valence-electron chi connectivity index (χ3n) is 2.41. The van der Waals surface area contributed by atoms with Gasteiger partial charge in [0.1, 0.15) is 4.21 Å². The molecule has 0 saturated carbocycles. The lowest BCUT2D eigenvalue weighted by Gasteiger charge is -2.01. The second-order valence-electron chi connectivity index (χ2n) is 3.78. The molecule has 98 valence electrons. The number of hydrogen-bond acceptors (Lipinski definition) is 5. The van der Waals surface area contributed by atoms with Gasteiger partial charge in [-0.3, -0.25) is 9.40 Å². The van der Waals surface area contributed by atoms with Gasteiger partial charge in [0.25, 0.3) is 10.0 Å². The maximum atomic E-state index is 12.0. The highest BCUT2D eigenvalue weighted by Gasteiger charge is 2.18. The van der Waals surface area contributed by atoms with Gasteiger partial charge in [0, 0.05) is 23.7 Å². The van der Waals surface area contributed by atoms with Crippen LogP contribution in [-0.4, -0.2) is 23.3 Å². The van der Waals surface area contributed by atoms with Crippen molar-refractivity contribution in [3.8, 4) is 0 Å². The minimum Gasteiger partial charge on any atom is -0.391 e. The first kappa shape index (κ1) is 13.1. The highest BCUT2D eigenvalue weighted by atomic mass is 32.2. The van der Waals surface area contributed by atoms with Crippen LogP contribution in [0.3, 0.4) is 0 Å². The van der Waals surface area contributed by atoms with Crippen molar-refractivity contribution in [2.24, 2.45) is 7.05 Å². The molecule has 2 N–H and O–H groups in total. The largest absolute Gasteiger partial charge is 0.391 e. The molecule has 6 nitrogen and oxygen atoms in total. The summed E-state index contributed by atoms with van der Waals surface area (Å²) in [4.78, 5) is 0.604. The molecule has 0 aliphatic rings. The van der Waals surface area contributed by atoms with Crippen LogP contribution < -0.4 is 4.72 Å². The summed E-state index contributed by atoms with van der Waals surface area (Å²) in [6.07, 6.45) is 0. The van der Waals surface area contributed by atoms with Crippen molar-refractivity contribution in [3.05, 3.63) is 28.8 Å². The van der Waals surface area contributed by atoms with Gasteiger partial charge in [-0.2, -0.15) is 5.10 Å². The fourth-order valence-electron chi connectivity index (χ4n) is 1.39. The first-order valence-corrected chi connectivity index (χ1v) is 7.45. The van der Waals surface area contributed by atoms with E-state index in [0.717, 1.165) is 17.0 Å². The van der Waals surface area contributed by atoms with Crippen molar-refractivity contribution < 1.29 is 13.5 Å². The predicted octanol–water partition coefficient (Wildman–Crippen LogP) is 1.08. The zero-order valence-electron chi connectivity index (χ0n) is 9.91. The second kappa shape index (κ2) is 4.71. The predicted molar refractivity (Wildman–Crippen MR) is 69.0 cm³/mol. The van der Waals surface area contributed by atoms with Gasteiger partial charge in [-0.15, -0.1) is 11.3 Å². The van der Waals surface area contributed by atoms with Crippen molar-refractivity contribution in [2.45, 2.75) is 17.7 Å². The third-order valence-corrected chi connectivity index (χ3v) is 5.33. The highest BCUT2D eigenvalue weighted by molar-refractivity contribution is 7.94. The Morgan fingerprint density at radius 2 is 2.22 bits per heavy atom. The number of rotatable bonds is 4. The first-order valence-electron chi connectivity index (χ1n) is 5.15. The molecule has 2 heterocycles. The molecule has 2 rings (SSSR count). The fraction of sp³-hybridized carbons (Fsp3) is 0.300. The minimum absolute atomic E-state index is 0.162. The average Bonchev–Trinajstić information content (AvgIpc) is 2.86. The number of hydrogen-bond donors (Lipinski definition) is 2. The van der Waals surface area contributed by atoms with E-state index in [1.807, 2.05) is 6.92 Å². The standard InChI is InChI=1S/C10H13N3O3S2/c1-7-5-9(11-13(7)2)12-18(15,16)10-4-3-8(6-14)17-10/h3-5,14H,6H2,1-2H3,(H,11,12).